The zero-order valence-electron chi connectivity index (χ0n) is 9.90. The summed E-state index contributed by atoms with van der Waals surface area (Å²) in [6.07, 6.45) is 0. The highest BCUT2D eigenvalue weighted by atomic mass is 35.5. The van der Waals surface area contributed by atoms with Crippen LogP contribution in [0.4, 0.5) is 5.69 Å². The lowest BCUT2D eigenvalue weighted by Gasteiger charge is -2.13. The molecule has 0 aliphatic rings. The second-order valence-electron chi connectivity index (χ2n) is 3.94. The van der Waals surface area contributed by atoms with Crippen molar-refractivity contribution in [3.8, 4) is 0 Å². The molecule has 0 aromatic heterocycles. The highest BCUT2D eigenvalue weighted by molar-refractivity contribution is 7.90. The van der Waals surface area contributed by atoms with Crippen LogP contribution < -0.4 is 15.2 Å². The fourth-order valence-electron chi connectivity index (χ4n) is 1.24. The summed E-state index contributed by atoms with van der Waals surface area (Å²) in [4.78, 5) is 0.201. The van der Waals surface area contributed by atoms with Gasteiger partial charge in [0, 0.05) is 11.6 Å². The minimum Gasteiger partial charge on any atom is -0.389 e. The number of rotatable bonds is 5. The van der Waals surface area contributed by atoms with Crippen LogP contribution in [-0.2, 0) is 10.2 Å². The van der Waals surface area contributed by atoms with Gasteiger partial charge < -0.3 is 5.73 Å². The molecular formula is C10H14ClN3O2S2. The Labute approximate surface area is 117 Å². The third kappa shape index (κ3) is 4.41. The van der Waals surface area contributed by atoms with Gasteiger partial charge in [-0.15, -0.1) is 0 Å². The molecule has 8 heteroatoms. The molecule has 0 amide bonds. The molecule has 1 aromatic carbocycles. The quantitative estimate of drug-likeness (QED) is 0.722. The van der Waals surface area contributed by atoms with E-state index < -0.39 is 10.2 Å². The predicted molar refractivity (Wildman–Crippen MR) is 78.2 cm³/mol. The molecule has 0 unspecified atom stereocenters. The second kappa shape index (κ2) is 5.83. The largest absolute Gasteiger partial charge is 0.389 e. The molecule has 100 valence electrons. The van der Waals surface area contributed by atoms with E-state index in [1.165, 1.54) is 12.1 Å². The molecule has 0 saturated carbocycles. The minimum absolute atomic E-state index is 0.201. The molecule has 5 nitrogen and oxygen atoms in total. The highest BCUT2D eigenvalue weighted by Gasteiger charge is 2.13. The Kier molecular flexibility index (Phi) is 4.92. The Morgan fingerprint density at radius 3 is 2.50 bits per heavy atom. The van der Waals surface area contributed by atoms with Gasteiger partial charge >= 0.3 is 0 Å². The van der Waals surface area contributed by atoms with E-state index in [1.54, 1.807) is 19.9 Å². The van der Waals surface area contributed by atoms with Crippen molar-refractivity contribution in [3.05, 3.63) is 28.8 Å². The average molecular weight is 308 g/mol. The molecule has 0 heterocycles. The van der Waals surface area contributed by atoms with E-state index in [9.17, 15) is 8.42 Å². The van der Waals surface area contributed by atoms with Gasteiger partial charge in [-0.25, -0.2) is 0 Å². The summed E-state index contributed by atoms with van der Waals surface area (Å²) in [6, 6.07) is 4.41. The third-order valence-electron chi connectivity index (χ3n) is 1.89. The number of nitrogens with two attached hydrogens (primary N) is 1. The maximum absolute atomic E-state index is 11.7. The lowest BCUT2D eigenvalue weighted by molar-refractivity contribution is 0.575. The zero-order chi connectivity index (χ0) is 13.9. The molecule has 0 aliphatic heterocycles. The van der Waals surface area contributed by atoms with Gasteiger partial charge in [-0.05, 0) is 32.0 Å². The maximum atomic E-state index is 11.7. The number of benzene rings is 1. The minimum atomic E-state index is -3.64. The standard InChI is InChI=1S/C10H14ClN3O2S2/c1-6(2)13-18(15,16)14-9-4-3-7(10(12)17)5-8(9)11/h3-6,13-14H,1-2H3,(H2,12,17). The van der Waals surface area contributed by atoms with Crippen LogP contribution in [0.25, 0.3) is 0 Å². The fourth-order valence-corrected chi connectivity index (χ4v) is 2.79. The Morgan fingerprint density at radius 2 is 2.06 bits per heavy atom. The van der Waals surface area contributed by atoms with Crippen LogP contribution in [0.5, 0.6) is 0 Å². The van der Waals surface area contributed by atoms with Crippen molar-refractivity contribution in [2.24, 2.45) is 5.73 Å². The van der Waals surface area contributed by atoms with Gasteiger partial charge in [-0.2, -0.15) is 13.1 Å². The number of anilines is 1. The van der Waals surface area contributed by atoms with E-state index in [0.29, 0.717) is 5.56 Å². The number of thiocarbonyl (C=S) groups is 1. The maximum Gasteiger partial charge on any atom is 0.299 e. The monoisotopic (exact) mass is 307 g/mol. The van der Waals surface area contributed by atoms with Crippen molar-refractivity contribution in [1.82, 2.24) is 4.72 Å². The number of hydrogen-bond donors (Lipinski definition) is 3. The molecule has 0 saturated heterocycles. The Balaban J connectivity index is 2.96. The summed E-state index contributed by atoms with van der Waals surface area (Å²) in [6.45, 7) is 3.44. The number of hydrogen-bond acceptors (Lipinski definition) is 3. The van der Waals surface area contributed by atoms with Crippen LogP contribution in [0, 0.1) is 0 Å². The van der Waals surface area contributed by atoms with E-state index in [2.05, 4.69) is 9.44 Å². The van der Waals surface area contributed by atoms with E-state index >= 15 is 0 Å². The van der Waals surface area contributed by atoms with Gasteiger partial charge in [0.05, 0.1) is 10.7 Å². The number of halogens is 1. The smallest absolute Gasteiger partial charge is 0.299 e. The van der Waals surface area contributed by atoms with Crippen molar-refractivity contribution >= 4 is 44.7 Å². The lowest BCUT2D eigenvalue weighted by atomic mass is 10.2. The molecule has 4 N–H and O–H groups in total. The molecule has 1 aromatic rings. The van der Waals surface area contributed by atoms with Crippen molar-refractivity contribution < 1.29 is 8.42 Å². The van der Waals surface area contributed by atoms with Gasteiger partial charge in [0.1, 0.15) is 4.99 Å². The topological polar surface area (TPSA) is 84.2 Å². The number of nitrogens with one attached hydrogen (secondary N) is 2. The summed E-state index contributed by atoms with van der Waals surface area (Å²) in [5.41, 5.74) is 6.29. The fraction of sp³-hybridized carbons (Fsp3) is 0.300. The lowest BCUT2D eigenvalue weighted by Crippen LogP contribution is -2.35. The van der Waals surface area contributed by atoms with E-state index in [1.807, 2.05) is 0 Å². The molecule has 0 aliphatic carbocycles. The van der Waals surface area contributed by atoms with Gasteiger partial charge in [0.15, 0.2) is 0 Å². The van der Waals surface area contributed by atoms with Crippen LogP contribution in [0.15, 0.2) is 18.2 Å². The first-order valence-corrected chi connectivity index (χ1v) is 7.37. The summed E-state index contributed by atoms with van der Waals surface area (Å²) >= 11 is 10.7. The van der Waals surface area contributed by atoms with Crippen LogP contribution in [0.2, 0.25) is 5.02 Å². The van der Waals surface area contributed by atoms with Gasteiger partial charge in [-0.1, -0.05) is 23.8 Å². The van der Waals surface area contributed by atoms with Gasteiger partial charge in [0.2, 0.25) is 0 Å². The molecular weight excluding hydrogens is 294 g/mol. The first-order chi connectivity index (χ1) is 8.21. The third-order valence-corrected chi connectivity index (χ3v) is 3.71. The van der Waals surface area contributed by atoms with Crippen molar-refractivity contribution in [1.29, 1.82) is 0 Å². The summed E-state index contributed by atoms with van der Waals surface area (Å²) in [5.74, 6) is 0. The first-order valence-electron chi connectivity index (χ1n) is 5.10. The average Bonchev–Trinajstić information content (AvgIpc) is 2.18. The molecule has 18 heavy (non-hydrogen) atoms. The molecule has 1 rings (SSSR count). The highest BCUT2D eigenvalue weighted by Crippen LogP contribution is 2.23. The summed E-state index contributed by atoms with van der Waals surface area (Å²) in [5, 5.41) is 0.231. The van der Waals surface area contributed by atoms with E-state index in [0.717, 1.165) is 0 Å². The molecule has 0 radical (unpaired) electrons. The summed E-state index contributed by atoms with van der Waals surface area (Å²) in [7, 11) is -3.64. The molecule has 0 atom stereocenters. The Hall–Kier alpha value is -0.890. The van der Waals surface area contributed by atoms with E-state index in [4.69, 9.17) is 29.6 Å². The van der Waals surface area contributed by atoms with Crippen LogP contribution in [0.1, 0.15) is 19.4 Å². The van der Waals surface area contributed by atoms with Crippen LogP contribution in [0.3, 0.4) is 0 Å². The van der Waals surface area contributed by atoms with Crippen LogP contribution >= 0.6 is 23.8 Å². The Bertz CT molecular complexity index is 558. The Morgan fingerprint density at radius 1 is 1.44 bits per heavy atom. The first kappa shape index (κ1) is 15.2. The normalized spacial score (nSPS) is 11.6. The van der Waals surface area contributed by atoms with E-state index in [-0.39, 0.29) is 21.7 Å². The van der Waals surface area contributed by atoms with Crippen molar-refractivity contribution in [2.45, 2.75) is 19.9 Å². The molecule has 0 bridgehead atoms. The van der Waals surface area contributed by atoms with Gasteiger partial charge in [-0.3, -0.25) is 4.72 Å². The summed E-state index contributed by atoms with van der Waals surface area (Å²) < 4.78 is 28.0. The van der Waals surface area contributed by atoms with Crippen molar-refractivity contribution in [2.75, 3.05) is 4.72 Å². The van der Waals surface area contributed by atoms with Gasteiger partial charge in [0.25, 0.3) is 10.2 Å². The zero-order valence-corrected chi connectivity index (χ0v) is 12.3. The SMILES string of the molecule is CC(C)NS(=O)(=O)Nc1ccc(C(N)=S)cc1Cl. The van der Waals surface area contributed by atoms with Crippen LogP contribution in [-0.4, -0.2) is 19.4 Å². The molecule has 0 fully saturated rings. The second-order valence-corrected chi connectivity index (χ2v) is 6.23. The molecule has 0 spiro atoms. The van der Waals surface area contributed by atoms with Crippen molar-refractivity contribution in [3.63, 3.8) is 0 Å². The predicted octanol–water partition coefficient (Wildman–Crippen LogP) is 1.63.